The Morgan fingerprint density at radius 3 is 2.39 bits per heavy atom. The van der Waals surface area contributed by atoms with Gasteiger partial charge in [0.15, 0.2) is 0 Å². The Hall–Kier alpha value is -2.93. The third-order valence-electron chi connectivity index (χ3n) is 4.40. The van der Waals surface area contributed by atoms with Crippen LogP contribution in [0.3, 0.4) is 0 Å². The molecule has 1 aliphatic rings. The largest absolute Gasteiger partial charge is 0.395 e. The highest BCUT2D eigenvalue weighted by molar-refractivity contribution is 6.20. The van der Waals surface area contributed by atoms with Gasteiger partial charge in [0.05, 0.1) is 18.0 Å². The van der Waals surface area contributed by atoms with Crippen molar-refractivity contribution >= 4 is 29.2 Å². The van der Waals surface area contributed by atoms with Crippen molar-refractivity contribution in [2.24, 2.45) is 0 Å². The molecule has 0 unspecified atom stereocenters. The highest BCUT2D eigenvalue weighted by atomic mass is 16.3. The van der Waals surface area contributed by atoms with E-state index in [1.807, 2.05) is 24.3 Å². The fourth-order valence-electron chi connectivity index (χ4n) is 2.80. The van der Waals surface area contributed by atoms with Gasteiger partial charge in [0, 0.05) is 50.1 Å². The molecule has 0 radical (unpaired) electrons. The van der Waals surface area contributed by atoms with Gasteiger partial charge < -0.3 is 25.4 Å². The smallest absolute Gasteiger partial charge is 0.204 e. The first-order chi connectivity index (χ1) is 13.5. The highest BCUT2D eigenvalue weighted by Gasteiger charge is 2.22. The summed E-state index contributed by atoms with van der Waals surface area (Å²) in [6, 6.07) is 7.48. The van der Waals surface area contributed by atoms with Crippen molar-refractivity contribution in [3.8, 4) is 0 Å². The number of aliphatic hydroxyl groups is 1. The summed E-state index contributed by atoms with van der Waals surface area (Å²) in [5, 5.41) is 15.3. The molecule has 0 aromatic heterocycles. The molecule has 7 nitrogen and oxygen atoms in total. The zero-order valence-corrected chi connectivity index (χ0v) is 16.1. The van der Waals surface area contributed by atoms with Gasteiger partial charge in [-0.1, -0.05) is 6.42 Å². The predicted octanol–water partition coefficient (Wildman–Crippen LogP) is 2.11. The molecule has 0 spiro atoms. The van der Waals surface area contributed by atoms with Crippen LogP contribution < -0.4 is 10.6 Å². The summed E-state index contributed by atoms with van der Waals surface area (Å²) in [5.41, 5.74) is 2.18. The molecule has 0 fully saturated rings. The highest BCUT2D eigenvalue weighted by Crippen LogP contribution is 2.19. The van der Waals surface area contributed by atoms with Gasteiger partial charge in [-0.3, -0.25) is 9.59 Å². The molecule has 1 aliphatic carbocycles. The van der Waals surface area contributed by atoms with Crippen LogP contribution in [-0.4, -0.2) is 54.6 Å². The van der Waals surface area contributed by atoms with Crippen LogP contribution in [0.5, 0.6) is 0 Å². The molecule has 0 saturated heterocycles. The molecule has 0 bridgehead atoms. The Morgan fingerprint density at radius 2 is 1.71 bits per heavy atom. The minimum Gasteiger partial charge on any atom is -0.395 e. The first-order valence-corrected chi connectivity index (χ1v) is 9.44. The molecule has 0 heterocycles. The van der Waals surface area contributed by atoms with Crippen molar-refractivity contribution < 1.29 is 19.5 Å². The second-order valence-electron chi connectivity index (χ2n) is 6.61. The average molecular weight is 385 g/mol. The SMILES string of the molecule is CN(CCO)C1=CC(=O)C(Nc2ccc(NCCCCCC=O)cc2)=CC1=O. The van der Waals surface area contributed by atoms with Crippen LogP contribution in [-0.2, 0) is 14.4 Å². The number of nitrogens with one attached hydrogen (secondary N) is 2. The molecule has 1 aromatic carbocycles. The van der Waals surface area contributed by atoms with Crippen LogP contribution in [0.2, 0.25) is 0 Å². The number of aldehydes is 1. The van der Waals surface area contributed by atoms with Crippen LogP contribution in [0.4, 0.5) is 11.4 Å². The van der Waals surface area contributed by atoms with Crippen molar-refractivity contribution in [2.75, 3.05) is 37.4 Å². The molecule has 7 heteroatoms. The molecule has 0 aliphatic heterocycles. The quantitative estimate of drug-likeness (QED) is 0.288. The molecule has 0 saturated carbocycles. The lowest BCUT2D eigenvalue weighted by molar-refractivity contribution is -0.116. The maximum atomic E-state index is 12.3. The van der Waals surface area contributed by atoms with E-state index in [0.29, 0.717) is 12.1 Å². The fraction of sp³-hybridized carbons (Fsp3) is 0.381. The number of rotatable bonds is 12. The molecular formula is C21H27N3O4. The van der Waals surface area contributed by atoms with E-state index in [1.165, 1.54) is 12.2 Å². The van der Waals surface area contributed by atoms with Gasteiger partial charge in [-0.2, -0.15) is 0 Å². The molecule has 0 amide bonds. The summed E-state index contributed by atoms with van der Waals surface area (Å²) in [6.45, 7) is 1.02. The first-order valence-electron chi connectivity index (χ1n) is 9.44. The Kier molecular flexibility index (Phi) is 8.42. The zero-order chi connectivity index (χ0) is 20.4. The molecular weight excluding hydrogens is 358 g/mol. The lowest BCUT2D eigenvalue weighted by Gasteiger charge is -2.22. The number of allylic oxidation sites excluding steroid dienone is 2. The summed E-state index contributed by atoms with van der Waals surface area (Å²) >= 11 is 0. The van der Waals surface area contributed by atoms with Crippen molar-refractivity contribution in [3.63, 3.8) is 0 Å². The maximum absolute atomic E-state index is 12.3. The van der Waals surface area contributed by atoms with Crippen molar-refractivity contribution in [1.82, 2.24) is 4.90 Å². The Morgan fingerprint density at radius 1 is 1.00 bits per heavy atom. The Balaban J connectivity index is 1.87. The minimum atomic E-state index is -0.281. The molecule has 3 N–H and O–H groups in total. The van der Waals surface area contributed by atoms with Gasteiger partial charge in [-0.15, -0.1) is 0 Å². The predicted molar refractivity (Wildman–Crippen MR) is 109 cm³/mol. The molecule has 28 heavy (non-hydrogen) atoms. The zero-order valence-electron chi connectivity index (χ0n) is 16.1. The number of benzene rings is 1. The summed E-state index contributed by atoms with van der Waals surface area (Å²) in [7, 11) is 1.66. The maximum Gasteiger partial charge on any atom is 0.204 e. The lowest BCUT2D eigenvalue weighted by atomic mass is 10.1. The molecule has 2 rings (SSSR count). The van der Waals surface area contributed by atoms with Gasteiger partial charge in [0.2, 0.25) is 11.6 Å². The normalized spacial score (nSPS) is 13.6. The summed E-state index contributed by atoms with van der Waals surface area (Å²) in [6.07, 6.45) is 7.07. The monoisotopic (exact) mass is 385 g/mol. The number of ketones is 2. The number of hydrogen-bond acceptors (Lipinski definition) is 7. The second kappa shape index (κ2) is 11.0. The first kappa shape index (κ1) is 21.4. The number of carbonyl (C=O) groups is 3. The standard InChI is InChI=1S/C21H27N3O4/c1-24(11-13-26)19-15-20(27)18(14-21(19)28)23-17-8-6-16(7-9-17)22-10-4-2-3-5-12-25/h6-9,12,14-15,22-23,26H,2-5,10-11,13H2,1H3. The average Bonchev–Trinajstić information content (AvgIpc) is 2.68. The van der Waals surface area contributed by atoms with Crippen molar-refractivity contribution in [2.45, 2.75) is 25.7 Å². The number of hydrogen-bond donors (Lipinski definition) is 3. The molecule has 1 aromatic rings. The summed E-state index contributed by atoms with van der Waals surface area (Å²) in [4.78, 5) is 36.4. The number of unbranched alkanes of at least 4 members (excludes halogenated alkanes) is 3. The molecule has 150 valence electrons. The fourth-order valence-corrected chi connectivity index (χ4v) is 2.80. The van der Waals surface area contributed by atoms with E-state index < -0.39 is 0 Å². The third kappa shape index (κ3) is 6.35. The summed E-state index contributed by atoms with van der Waals surface area (Å²) < 4.78 is 0. The minimum absolute atomic E-state index is 0.0940. The molecule has 0 atom stereocenters. The lowest BCUT2D eigenvalue weighted by Crippen LogP contribution is -2.30. The van der Waals surface area contributed by atoms with Gasteiger partial charge >= 0.3 is 0 Å². The van der Waals surface area contributed by atoms with Crippen LogP contribution in [0.15, 0.2) is 47.8 Å². The van der Waals surface area contributed by atoms with Crippen LogP contribution in [0, 0.1) is 0 Å². The van der Waals surface area contributed by atoms with E-state index in [1.54, 1.807) is 11.9 Å². The van der Waals surface area contributed by atoms with Gasteiger partial charge in [-0.05, 0) is 37.1 Å². The topological polar surface area (TPSA) is 98.7 Å². The van der Waals surface area contributed by atoms with Gasteiger partial charge in [0.25, 0.3) is 0 Å². The number of anilines is 2. The summed E-state index contributed by atoms with van der Waals surface area (Å²) in [5.74, 6) is -0.553. The van der Waals surface area contributed by atoms with E-state index in [9.17, 15) is 14.4 Å². The van der Waals surface area contributed by atoms with Gasteiger partial charge in [-0.25, -0.2) is 0 Å². The van der Waals surface area contributed by atoms with E-state index in [0.717, 1.165) is 37.8 Å². The second-order valence-corrected chi connectivity index (χ2v) is 6.61. The van der Waals surface area contributed by atoms with E-state index in [2.05, 4.69) is 10.6 Å². The van der Waals surface area contributed by atoms with Crippen LogP contribution >= 0.6 is 0 Å². The third-order valence-corrected chi connectivity index (χ3v) is 4.40. The Bertz CT molecular complexity index is 753. The van der Waals surface area contributed by atoms with Gasteiger partial charge in [0.1, 0.15) is 6.29 Å². The van der Waals surface area contributed by atoms with Crippen molar-refractivity contribution in [3.05, 3.63) is 47.8 Å². The van der Waals surface area contributed by atoms with E-state index in [4.69, 9.17) is 5.11 Å². The van der Waals surface area contributed by atoms with Crippen molar-refractivity contribution in [1.29, 1.82) is 0 Å². The van der Waals surface area contributed by atoms with E-state index in [-0.39, 0.29) is 36.1 Å². The Labute approximate surface area is 165 Å². The number of likely N-dealkylation sites (N-methyl/N-ethyl adjacent to an activating group) is 1. The van der Waals surface area contributed by atoms with Crippen LogP contribution in [0.25, 0.3) is 0 Å². The van der Waals surface area contributed by atoms with Crippen LogP contribution in [0.1, 0.15) is 25.7 Å². The van der Waals surface area contributed by atoms with E-state index >= 15 is 0 Å². The number of carbonyl (C=O) groups excluding carboxylic acids is 3. The number of aliphatic hydroxyl groups excluding tert-OH is 1. The number of nitrogens with zero attached hydrogens (tertiary/aromatic N) is 1.